The molecule has 0 atom stereocenters. The van der Waals surface area contributed by atoms with Crippen molar-refractivity contribution in [2.75, 3.05) is 4.90 Å². The molecule has 8 aromatic carbocycles. The highest BCUT2D eigenvalue weighted by Crippen LogP contribution is 2.50. The van der Waals surface area contributed by atoms with E-state index in [2.05, 4.69) is 193 Å². The number of rotatable bonds is 4. The van der Waals surface area contributed by atoms with Gasteiger partial charge in [0, 0.05) is 38.9 Å². The SMILES string of the molecule is CC1(C)c2ccccc2-c2ccc(N(c3ccccc3)c3ccc4c(ccc5cc6c7ccccc7n(-c7ccccc7)c6cc54)c3)cc21. The summed E-state index contributed by atoms with van der Waals surface area (Å²) in [7, 11) is 0. The normalized spacial score (nSPS) is 13.3. The first-order chi connectivity index (χ1) is 24.1. The second-order valence-electron chi connectivity index (χ2n) is 13.8. The number of aromatic nitrogens is 1. The standard InChI is InChI=1S/C47H34N2/c1-47(2)43-19-11-9-17-38(43)39-26-24-36(29-44(39)47)48(33-13-5-3-6-14-33)35-23-25-37-31(27-35)21-22-32-28-42-40-18-10-12-20-45(40)49(46(42)30-41(32)37)34-15-7-4-8-16-34/h3-30H,1-2H3. The van der Waals surface area contributed by atoms with Crippen molar-refractivity contribution in [2.45, 2.75) is 19.3 Å². The zero-order chi connectivity index (χ0) is 32.7. The second-order valence-corrected chi connectivity index (χ2v) is 13.8. The largest absolute Gasteiger partial charge is 0.310 e. The van der Waals surface area contributed by atoms with Crippen molar-refractivity contribution in [3.63, 3.8) is 0 Å². The molecule has 232 valence electrons. The van der Waals surface area contributed by atoms with Gasteiger partial charge in [0.15, 0.2) is 0 Å². The van der Waals surface area contributed by atoms with Crippen LogP contribution >= 0.6 is 0 Å². The highest BCUT2D eigenvalue weighted by molar-refractivity contribution is 6.18. The highest BCUT2D eigenvalue weighted by atomic mass is 15.1. The molecule has 1 aromatic heterocycles. The molecule has 0 saturated carbocycles. The van der Waals surface area contributed by atoms with Crippen LogP contribution in [0.2, 0.25) is 0 Å². The summed E-state index contributed by atoms with van der Waals surface area (Å²) in [5.41, 5.74) is 12.5. The van der Waals surface area contributed by atoms with Gasteiger partial charge in [-0.1, -0.05) is 117 Å². The number of fused-ring (bicyclic) bond motifs is 9. The quantitative estimate of drug-likeness (QED) is 0.176. The van der Waals surface area contributed by atoms with E-state index >= 15 is 0 Å². The van der Waals surface area contributed by atoms with Crippen molar-refractivity contribution in [1.82, 2.24) is 4.57 Å². The number of para-hydroxylation sites is 3. The Morgan fingerprint density at radius 2 is 1.06 bits per heavy atom. The summed E-state index contributed by atoms with van der Waals surface area (Å²) in [5, 5.41) is 7.55. The van der Waals surface area contributed by atoms with Crippen LogP contribution in [-0.2, 0) is 5.41 Å². The lowest BCUT2D eigenvalue weighted by Gasteiger charge is -2.28. The minimum Gasteiger partial charge on any atom is -0.310 e. The van der Waals surface area contributed by atoms with Crippen molar-refractivity contribution in [2.24, 2.45) is 0 Å². The van der Waals surface area contributed by atoms with Crippen LogP contribution in [0.3, 0.4) is 0 Å². The summed E-state index contributed by atoms with van der Waals surface area (Å²) < 4.78 is 2.40. The lowest BCUT2D eigenvalue weighted by atomic mass is 9.82. The molecule has 1 heterocycles. The number of benzene rings is 8. The van der Waals surface area contributed by atoms with Gasteiger partial charge in [-0.15, -0.1) is 0 Å². The maximum atomic E-state index is 2.41. The average molecular weight is 627 g/mol. The molecular formula is C47H34N2. The van der Waals surface area contributed by atoms with Crippen LogP contribution in [0, 0.1) is 0 Å². The maximum absolute atomic E-state index is 2.41. The Balaban J connectivity index is 1.16. The van der Waals surface area contributed by atoms with Crippen LogP contribution in [0.1, 0.15) is 25.0 Å². The van der Waals surface area contributed by atoms with E-state index in [1.54, 1.807) is 0 Å². The third-order valence-electron chi connectivity index (χ3n) is 10.7. The Hall–Kier alpha value is -6.12. The molecular weight excluding hydrogens is 593 g/mol. The third kappa shape index (κ3) is 4.14. The van der Waals surface area contributed by atoms with Gasteiger partial charge in [0.05, 0.1) is 11.0 Å². The Kier molecular flexibility index (Phi) is 5.95. The van der Waals surface area contributed by atoms with E-state index < -0.39 is 0 Å². The average Bonchev–Trinajstić information content (AvgIpc) is 3.59. The first-order valence-corrected chi connectivity index (χ1v) is 17.1. The van der Waals surface area contributed by atoms with Crippen LogP contribution in [0.4, 0.5) is 17.1 Å². The molecule has 49 heavy (non-hydrogen) atoms. The van der Waals surface area contributed by atoms with Crippen LogP contribution in [0.15, 0.2) is 170 Å². The van der Waals surface area contributed by atoms with Gasteiger partial charge in [-0.25, -0.2) is 0 Å². The summed E-state index contributed by atoms with van der Waals surface area (Å²) in [4.78, 5) is 2.40. The minimum absolute atomic E-state index is 0.0693. The van der Waals surface area contributed by atoms with Gasteiger partial charge in [-0.2, -0.15) is 0 Å². The van der Waals surface area contributed by atoms with Crippen LogP contribution in [-0.4, -0.2) is 4.57 Å². The smallest absolute Gasteiger partial charge is 0.0547 e. The van der Waals surface area contributed by atoms with Crippen LogP contribution in [0.5, 0.6) is 0 Å². The van der Waals surface area contributed by atoms with E-state index in [4.69, 9.17) is 0 Å². The molecule has 0 saturated heterocycles. The van der Waals surface area contributed by atoms with Gasteiger partial charge in [0.25, 0.3) is 0 Å². The summed E-state index contributed by atoms with van der Waals surface area (Å²) in [6, 6.07) is 62.4. The minimum atomic E-state index is -0.0693. The second kappa shape index (κ2) is 10.4. The van der Waals surface area contributed by atoms with E-state index in [0.29, 0.717) is 0 Å². The molecule has 0 spiro atoms. The van der Waals surface area contributed by atoms with E-state index in [-0.39, 0.29) is 5.41 Å². The molecule has 1 aliphatic carbocycles. The summed E-state index contributed by atoms with van der Waals surface area (Å²) in [6.45, 7) is 4.70. The molecule has 2 nitrogen and oxygen atoms in total. The first kappa shape index (κ1) is 27.9. The fourth-order valence-electron chi connectivity index (χ4n) is 8.37. The predicted molar refractivity (Wildman–Crippen MR) is 208 cm³/mol. The Labute approximate surface area is 286 Å². The molecule has 0 fully saturated rings. The molecule has 9 aromatic rings. The van der Waals surface area contributed by atoms with Gasteiger partial charge in [-0.05, 0) is 111 Å². The fraction of sp³-hybridized carbons (Fsp3) is 0.0638. The highest BCUT2D eigenvalue weighted by Gasteiger charge is 2.35. The van der Waals surface area contributed by atoms with Crippen molar-refractivity contribution < 1.29 is 0 Å². The Morgan fingerprint density at radius 3 is 1.90 bits per heavy atom. The van der Waals surface area contributed by atoms with Gasteiger partial charge in [-0.3, -0.25) is 0 Å². The molecule has 0 radical (unpaired) electrons. The molecule has 0 amide bonds. The van der Waals surface area contributed by atoms with E-state index in [9.17, 15) is 0 Å². The van der Waals surface area contributed by atoms with E-state index in [1.165, 1.54) is 77.0 Å². The van der Waals surface area contributed by atoms with Crippen LogP contribution in [0.25, 0.3) is 60.2 Å². The molecule has 0 unspecified atom stereocenters. The van der Waals surface area contributed by atoms with E-state index in [0.717, 1.165) is 11.4 Å². The van der Waals surface area contributed by atoms with Crippen molar-refractivity contribution in [3.05, 3.63) is 181 Å². The summed E-state index contributed by atoms with van der Waals surface area (Å²) in [5.74, 6) is 0. The van der Waals surface area contributed by atoms with Gasteiger partial charge >= 0.3 is 0 Å². The number of anilines is 3. The summed E-state index contributed by atoms with van der Waals surface area (Å²) in [6.07, 6.45) is 0. The number of hydrogen-bond acceptors (Lipinski definition) is 1. The lowest BCUT2D eigenvalue weighted by Crippen LogP contribution is -2.16. The zero-order valence-electron chi connectivity index (χ0n) is 27.6. The number of hydrogen-bond donors (Lipinski definition) is 0. The monoisotopic (exact) mass is 626 g/mol. The molecule has 0 bridgehead atoms. The zero-order valence-corrected chi connectivity index (χ0v) is 27.6. The molecule has 0 N–H and O–H groups in total. The predicted octanol–water partition coefficient (Wildman–Crippen LogP) is 12.9. The first-order valence-electron chi connectivity index (χ1n) is 17.1. The maximum Gasteiger partial charge on any atom is 0.0547 e. The molecule has 0 aliphatic heterocycles. The van der Waals surface area contributed by atoms with Crippen LogP contribution < -0.4 is 4.90 Å². The Morgan fingerprint density at radius 1 is 0.408 bits per heavy atom. The summed E-state index contributed by atoms with van der Waals surface area (Å²) >= 11 is 0. The van der Waals surface area contributed by atoms with E-state index in [1.807, 2.05) is 0 Å². The number of nitrogens with zero attached hydrogens (tertiary/aromatic N) is 2. The van der Waals surface area contributed by atoms with Gasteiger partial charge in [0.1, 0.15) is 0 Å². The lowest BCUT2D eigenvalue weighted by molar-refractivity contribution is 0.660. The molecule has 1 aliphatic rings. The fourth-order valence-corrected chi connectivity index (χ4v) is 8.37. The van der Waals surface area contributed by atoms with Crippen molar-refractivity contribution >= 4 is 60.4 Å². The van der Waals surface area contributed by atoms with Crippen molar-refractivity contribution in [1.29, 1.82) is 0 Å². The molecule has 10 rings (SSSR count). The molecule has 2 heteroatoms. The third-order valence-corrected chi connectivity index (χ3v) is 10.7. The van der Waals surface area contributed by atoms with Crippen molar-refractivity contribution in [3.8, 4) is 16.8 Å². The topological polar surface area (TPSA) is 8.17 Å². The van der Waals surface area contributed by atoms with Gasteiger partial charge < -0.3 is 9.47 Å². The Bertz CT molecular complexity index is 2740. The van der Waals surface area contributed by atoms with Gasteiger partial charge in [0.2, 0.25) is 0 Å².